The van der Waals surface area contributed by atoms with Crippen molar-refractivity contribution in [1.82, 2.24) is 0 Å². The van der Waals surface area contributed by atoms with E-state index in [1.807, 2.05) is 24.3 Å². The zero-order chi connectivity index (χ0) is 13.4. The van der Waals surface area contributed by atoms with E-state index in [1.165, 1.54) is 5.56 Å². The summed E-state index contributed by atoms with van der Waals surface area (Å²) >= 11 is 3.56. The normalized spacial score (nSPS) is 18.8. The van der Waals surface area contributed by atoms with Gasteiger partial charge in [0, 0.05) is 10.9 Å². The predicted octanol–water partition coefficient (Wildman–Crippen LogP) is 3.82. The molecule has 2 N–H and O–H groups in total. The summed E-state index contributed by atoms with van der Waals surface area (Å²) in [5.41, 5.74) is 9.87. The van der Waals surface area contributed by atoms with Crippen LogP contribution in [0.2, 0.25) is 0 Å². The molecule has 2 unspecified atom stereocenters. The Morgan fingerprint density at radius 2 is 2.05 bits per heavy atom. The molecule has 0 fully saturated rings. The van der Waals surface area contributed by atoms with E-state index >= 15 is 0 Å². The van der Waals surface area contributed by atoms with Gasteiger partial charge in [-0.15, -0.1) is 0 Å². The van der Waals surface area contributed by atoms with Crippen LogP contribution in [0.5, 0.6) is 5.75 Å². The predicted molar refractivity (Wildman–Crippen MR) is 80.4 cm³/mol. The Bertz CT molecular complexity index is 611. The van der Waals surface area contributed by atoms with E-state index in [1.54, 1.807) is 0 Å². The van der Waals surface area contributed by atoms with Crippen molar-refractivity contribution < 1.29 is 4.74 Å². The molecule has 0 radical (unpaired) electrons. The highest BCUT2D eigenvalue weighted by molar-refractivity contribution is 9.10. The van der Waals surface area contributed by atoms with Crippen LogP contribution in [0.15, 0.2) is 46.9 Å². The number of halogens is 1. The summed E-state index contributed by atoms with van der Waals surface area (Å²) in [5.74, 6) is 0.996. The first-order valence-corrected chi connectivity index (χ1v) is 7.24. The summed E-state index contributed by atoms with van der Waals surface area (Å²) in [5, 5.41) is 0. The summed E-state index contributed by atoms with van der Waals surface area (Å²) in [4.78, 5) is 0. The Morgan fingerprint density at radius 1 is 1.26 bits per heavy atom. The Labute approximate surface area is 121 Å². The van der Waals surface area contributed by atoms with E-state index < -0.39 is 0 Å². The van der Waals surface area contributed by atoms with Crippen molar-refractivity contribution in [3.05, 3.63) is 63.6 Å². The van der Waals surface area contributed by atoms with Gasteiger partial charge < -0.3 is 10.5 Å². The van der Waals surface area contributed by atoms with Crippen LogP contribution in [-0.2, 0) is 6.42 Å². The van der Waals surface area contributed by atoms with Crippen molar-refractivity contribution in [2.75, 3.05) is 0 Å². The Kier molecular flexibility index (Phi) is 3.33. The summed E-state index contributed by atoms with van der Waals surface area (Å²) in [7, 11) is 0. The van der Waals surface area contributed by atoms with Crippen molar-refractivity contribution in [2.45, 2.75) is 25.5 Å². The fraction of sp³-hybridized carbons (Fsp3) is 0.250. The zero-order valence-electron chi connectivity index (χ0n) is 10.8. The van der Waals surface area contributed by atoms with Crippen LogP contribution in [0.3, 0.4) is 0 Å². The van der Waals surface area contributed by atoms with Crippen LogP contribution in [0.1, 0.15) is 29.7 Å². The van der Waals surface area contributed by atoms with Crippen LogP contribution in [0, 0.1) is 0 Å². The van der Waals surface area contributed by atoms with Crippen LogP contribution >= 0.6 is 15.9 Å². The molecule has 0 amide bonds. The minimum atomic E-state index is -0.114. The largest absolute Gasteiger partial charge is 0.490 e. The lowest BCUT2D eigenvalue weighted by molar-refractivity contribution is 0.254. The van der Waals surface area contributed by atoms with E-state index in [-0.39, 0.29) is 12.1 Å². The van der Waals surface area contributed by atoms with Crippen LogP contribution < -0.4 is 10.5 Å². The first-order chi connectivity index (χ1) is 9.15. The number of nitrogens with two attached hydrogens (primary N) is 1. The Morgan fingerprint density at radius 3 is 2.84 bits per heavy atom. The molecule has 2 aromatic carbocycles. The molecule has 19 heavy (non-hydrogen) atoms. The quantitative estimate of drug-likeness (QED) is 0.913. The Balaban J connectivity index is 1.95. The van der Waals surface area contributed by atoms with E-state index in [9.17, 15) is 0 Å². The van der Waals surface area contributed by atoms with Gasteiger partial charge in [0.2, 0.25) is 0 Å². The van der Waals surface area contributed by atoms with E-state index in [2.05, 4.69) is 41.1 Å². The molecule has 98 valence electrons. The molecule has 2 atom stereocenters. The van der Waals surface area contributed by atoms with Crippen LogP contribution in [-0.4, -0.2) is 6.10 Å². The topological polar surface area (TPSA) is 35.2 Å². The van der Waals surface area contributed by atoms with Gasteiger partial charge in [0.25, 0.3) is 0 Å². The van der Waals surface area contributed by atoms with Crippen molar-refractivity contribution in [1.29, 1.82) is 0 Å². The molecule has 1 aliphatic rings. The molecule has 2 aromatic rings. The number of rotatable bonds is 2. The molecule has 3 rings (SSSR count). The maximum atomic E-state index is 6.38. The molecular formula is C16H16BrNO. The lowest BCUT2D eigenvalue weighted by atomic mass is 9.97. The highest BCUT2D eigenvalue weighted by Gasteiger charge is 2.21. The average Bonchev–Trinajstić information content (AvgIpc) is 2.77. The molecule has 0 saturated heterocycles. The minimum absolute atomic E-state index is 0.114. The number of ether oxygens (including phenoxy) is 1. The number of hydrogen-bond donors (Lipinski definition) is 1. The Hall–Kier alpha value is -1.32. The van der Waals surface area contributed by atoms with Gasteiger partial charge in [0.1, 0.15) is 11.9 Å². The fourth-order valence-electron chi connectivity index (χ4n) is 2.54. The monoisotopic (exact) mass is 317 g/mol. The van der Waals surface area contributed by atoms with E-state index in [4.69, 9.17) is 10.5 Å². The fourth-order valence-corrected chi connectivity index (χ4v) is 3.07. The van der Waals surface area contributed by atoms with Crippen molar-refractivity contribution in [3.63, 3.8) is 0 Å². The molecule has 1 aliphatic heterocycles. The molecule has 0 aliphatic carbocycles. The molecule has 0 saturated carbocycles. The van der Waals surface area contributed by atoms with Crippen molar-refractivity contribution in [2.24, 2.45) is 5.73 Å². The third-order valence-corrected chi connectivity index (χ3v) is 4.24. The average molecular weight is 318 g/mol. The molecule has 1 heterocycles. The lowest BCUT2D eigenvalue weighted by Crippen LogP contribution is -2.12. The second-order valence-corrected chi connectivity index (χ2v) is 5.85. The smallest absolute Gasteiger partial charge is 0.123 e. The van der Waals surface area contributed by atoms with E-state index in [0.717, 1.165) is 27.8 Å². The van der Waals surface area contributed by atoms with Gasteiger partial charge in [-0.1, -0.05) is 46.3 Å². The second kappa shape index (κ2) is 4.99. The van der Waals surface area contributed by atoms with Gasteiger partial charge in [-0.25, -0.2) is 0 Å². The molecule has 2 nitrogen and oxygen atoms in total. The molecule has 0 bridgehead atoms. The highest BCUT2D eigenvalue weighted by atomic mass is 79.9. The third-order valence-electron chi connectivity index (χ3n) is 3.52. The third kappa shape index (κ3) is 2.40. The molecule has 3 heteroatoms. The number of hydrogen-bond acceptors (Lipinski definition) is 2. The lowest BCUT2D eigenvalue weighted by Gasteiger charge is -2.15. The summed E-state index contributed by atoms with van der Waals surface area (Å²) in [6.07, 6.45) is 1.23. The maximum absolute atomic E-state index is 6.38. The maximum Gasteiger partial charge on any atom is 0.123 e. The summed E-state index contributed by atoms with van der Waals surface area (Å²) in [6.45, 7) is 2.09. The van der Waals surface area contributed by atoms with Crippen molar-refractivity contribution >= 4 is 15.9 Å². The zero-order valence-corrected chi connectivity index (χ0v) is 12.4. The first kappa shape index (κ1) is 12.7. The van der Waals surface area contributed by atoms with Crippen molar-refractivity contribution in [3.8, 4) is 5.75 Å². The number of benzene rings is 2. The highest BCUT2D eigenvalue weighted by Crippen LogP contribution is 2.33. The standard InChI is InChI=1S/C16H16BrNO/c1-10-8-12-9-11(6-7-15(12)19-10)16(18)13-4-2-3-5-14(13)17/h2-7,9-10,16H,8,18H2,1H3. The number of fused-ring (bicyclic) bond motifs is 1. The van der Waals surface area contributed by atoms with Gasteiger partial charge in [0.15, 0.2) is 0 Å². The van der Waals surface area contributed by atoms with Gasteiger partial charge in [-0.3, -0.25) is 0 Å². The SMILES string of the molecule is CC1Cc2cc(C(N)c3ccccc3Br)ccc2O1. The molecular weight excluding hydrogens is 302 g/mol. The van der Waals surface area contributed by atoms with Gasteiger partial charge in [-0.2, -0.15) is 0 Å². The van der Waals surface area contributed by atoms with Gasteiger partial charge in [0.05, 0.1) is 6.04 Å². The van der Waals surface area contributed by atoms with Gasteiger partial charge in [-0.05, 0) is 35.7 Å². The van der Waals surface area contributed by atoms with Crippen LogP contribution in [0.25, 0.3) is 0 Å². The summed E-state index contributed by atoms with van der Waals surface area (Å²) in [6, 6.07) is 14.2. The minimum Gasteiger partial charge on any atom is -0.490 e. The molecule has 0 spiro atoms. The second-order valence-electron chi connectivity index (χ2n) is 5.00. The molecule has 0 aromatic heterocycles. The van der Waals surface area contributed by atoms with Gasteiger partial charge >= 0.3 is 0 Å². The summed E-state index contributed by atoms with van der Waals surface area (Å²) < 4.78 is 6.77. The van der Waals surface area contributed by atoms with E-state index in [0.29, 0.717) is 0 Å². The van der Waals surface area contributed by atoms with Crippen LogP contribution in [0.4, 0.5) is 0 Å². The first-order valence-electron chi connectivity index (χ1n) is 6.44.